The molecule has 3 N–H and O–H groups in total. The first kappa shape index (κ1) is 30.7. The van der Waals surface area contributed by atoms with Crippen LogP contribution in [-0.4, -0.2) is 27.9 Å². The summed E-state index contributed by atoms with van der Waals surface area (Å²) in [7, 11) is 0. The summed E-state index contributed by atoms with van der Waals surface area (Å²) >= 11 is 1.38. The van der Waals surface area contributed by atoms with Gasteiger partial charge in [-0.3, -0.25) is 24.5 Å². The first-order valence-corrected chi connectivity index (χ1v) is 14.2. The smallest absolute Gasteiger partial charge is 0.272 e. The summed E-state index contributed by atoms with van der Waals surface area (Å²) in [6.45, 7) is 5.78. The van der Waals surface area contributed by atoms with E-state index in [1.165, 1.54) is 42.1 Å². The Morgan fingerprint density at radius 3 is 2.05 bits per heavy atom. The summed E-state index contributed by atoms with van der Waals surface area (Å²) in [4.78, 5) is 50.2. The van der Waals surface area contributed by atoms with E-state index in [-0.39, 0.29) is 22.5 Å². The molecule has 3 amide bonds. The molecule has 0 aliphatic rings. The second-order valence-electron chi connectivity index (χ2n) is 9.83. The number of aryl methyl sites for hydroxylation is 2. The predicted molar refractivity (Wildman–Crippen MR) is 170 cm³/mol. The zero-order valence-corrected chi connectivity index (χ0v) is 24.6. The third kappa shape index (κ3) is 8.88. The van der Waals surface area contributed by atoms with E-state index in [9.17, 15) is 24.5 Å². The van der Waals surface area contributed by atoms with Gasteiger partial charge in [0.05, 0.1) is 10.2 Å². The molecule has 0 saturated carbocycles. The number of nitrogens with one attached hydrogen (secondary N) is 3. The minimum absolute atomic E-state index is 0.0437. The lowest BCUT2D eigenvalue weighted by Gasteiger charge is -2.14. The number of hydrogen-bond donors (Lipinski definition) is 3. The molecular weight excluding hydrogens is 564 g/mol. The van der Waals surface area contributed by atoms with E-state index in [2.05, 4.69) is 16.0 Å². The Morgan fingerprint density at radius 2 is 1.44 bits per heavy atom. The summed E-state index contributed by atoms with van der Waals surface area (Å²) in [5.74, 6) is -1.18. The predicted octanol–water partition coefficient (Wildman–Crippen LogP) is 6.74. The van der Waals surface area contributed by atoms with Crippen molar-refractivity contribution in [2.24, 2.45) is 0 Å². The fourth-order valence-electron chi connectivity index (χ4n) is 4.16. The number of nitrogens with zero attached hydrogens (tertiary/aromatic N) is 1. The van der Waals surface area contributed by atoms with Crippen LogP contribution in [0.4, 0.5) is 17.1 Å². The van der Waals surface area contributed by atoms with Gasteiger partial charge in [0.1, 0.15) is 5.70 Å². The van der Waals surface area contributed by atoms with Crippen LogP contribution in [0, 0.1) is 24.0 Å². The fraction of sp³-hybridized carbons (Fsp3) is 0.121. The quantitative estimate of drug-likeness (QED) is 0.0807. The van der Waals surface area contributed by atoms with Crippen molar-refractivity contribution in [2.45, 2.75) is 30.9 Å². The van der Waals surface area contributed by atoms with Crippen LogP contribution < -0.4 is 16.0 Å². The molecule has 0 aliphatic carbocycles. The zero-order chi connectivity index (χ0) is 30.9. The van der Waals surface area contributed by atoms with Gasteiger partial charge in [-0.05, 0) is 104 Å². The van der Waals surface area contributed by atoms with Crippen LogP contribution in [0.3, 0.4) is 0 Å². The highest BCUT2D eigenvalue weighted by atomic mass is 32.2. The Hall–Kier alpha value is -5.22. The lowest BCUT2D eigenvalue weighted by molar-refractivity contribution is -0.384. The van der Waals surface area contributed by atoms with Crippen LogP contribution >= 0.6 is 11.8 Å². The molecule has 9 nitrogen and oxygen atoms in total. The number of carbonyl (C=O) groups excluding carboxylic acids is 3. The van der Waals surface area contributed by atoms with Gasteiger partial charge < -0.3 is 16.0 Å². The maximum atomic E-state index is 13.3. The number of hydrogen-bond acceptors (Lipinski definition) is 6. The topological polar surface area (TPSA) is 130 Å². The third-order valence-electron chi connectivity index (χ3n) is 6.23. The molecule has 4 aromatic carbocycles. The Kier molecular flexibility index (Phi) is 10.1. The minimum atomic E-state index is -0.579. The van der Waals surface area contributed by atoms with E-state index in [1.54, 1.807) is 54.6 Å². The highest BCUT2D eigenvalue weighted by Crippen LogP contribution is 2.26. The number of thioether (sulfide) groups is 1. The zero-order valence-electron chi connectivity index (χ0n) is 23.8. The van der Waals surface area contributed by atoms with Gasteiger partial charge in [0, 0.05) is 34.0 Å². The second-order valence-corrected chi connectivity index (χ2v) is 11.2. The fourth-order valence-corrected chi connectivity index (χ4v) is 5.03. The van der Waals surface area contributed by atoms with Crippen LogP contribution in [0.5, 0.6) is 0 Å². The van der Waals surface area contributed by atoms with E-state index in [1.807, 2.05) is 39.0 Å². The van der Waals surface area contributed by atoms with Gasteiger partial charge in [0.25, 0.3) is 17.5 Å². The van der Waals surface area contributed by atoms with Crippen molar-refractivity contribution >= 4 is 52.6 Å². The molecule has 10 heteroatoms. The van der Waals surface area contributed by atoms with Gasteiger partial charge in [-0.25, -0.2) is 0 Å². The molecule has 0 radical (unpaired) electrons. The lowest BCUT2D eigenvalue weighted by atomic mass is 10.1. The number of benzene rings is 4. The highest BCUT2D eigenvalue weighted by Gasteiger charge is 2.17. The molecule has 218 valence electrons. The Morgan fingerprint density at radius 1 is 0.814 bits per heavy atom. The standard InChI is InChI=1S/C33H30N4O5S/c1-21-17-22(2)19-27(18-21)35-31(38)23(3)43-29-15-11-26(12-16-29)34-33(40)30(36-32(39)25-7-5-4-6-8-25)20-24-9-13-28(14-10-24)37(41)42/h4-20,23H,1-3H3,(H,34,40)(H,35,38)(H,36,39)/b30-20-. The molecule has 0 saturated heterocycles. The van der Waals surface area contributed by atoms with Crippen LogP contribution in [0.1, 0.15) is 34.0 Å². The SMILES string of the molecule is Cc1cc(C)cc(NC(=O)C(C)Sc2ccc(NC(=O)/C(=C/c3ccc([N+](=O)[O-])cc3)NC(=O)c3ccccc3)cc2)c1. The average molecular weight is 595 g/mol. The molecule has 1 atom stereocenters. The number of nitro benzene ring substituents is 1. The molecule has 0 spiro atoms. The summed E-state index contributed by atoms with van der Waals surface area (Å²) in [5.41, 5.74) is 4.09. The monoisotopic (exact) mass is 594 g/mol. The Bertz CT molecular complexity index is 1650. The number of nitro groups is 1. The summed E-state index contributed by atoms with van der Waals surface area (Å²) < 4.78 is 0. The molecular formula is C33H30N4O5S. The van der Waals surface area contributed by atoms with Gasteiger partial charge >= 0.3 is 0 Å². The van der Waals surface area contributed by atoms with Crippen LogP contribution in [-0.2, 0) is 9.59 Å². The number of anilines is 2. The van der Waals surface area contributed by atoms with Gasteiger partial charge in [-0.1, -0.05) is 24.3 Å². The molecule has 1 unspecified atom stereocenters. The van der Waals surface area contributed by atoms with Crippen LogP contribution in [0.25, 0.3) is 6.08 Å². The molecule has 0 aliphatic heterocycles. The van der Waals surface area contributed by atoms with E-state index >= 15 is 0 Å². The number of non-ortho nitro benzene ring substituents is 1. The van der Waals surface area contributed by atoms with E-state index in [0.29, 0.717) is 16.8 Å². The number of carbonyl (C=O) groups is 3. The maximum Gasteiger partial charge on any atom is 0.272 e. The van der Waals surface area contributed by atoms with E-state index in [4.69, 9.17) is 0 Å². The largest absolute Gasteiger partial charge is 0.325 e. The van der Waals surface area contributed by atoms with Crippen LogP contribution in [0.2, 0.25) is 0 Å². The van der Waals surface area contributed by atoms with Gasteiger partial charge in [-0.2, -0.15) is 0 Å². The molecule has 0 aromatic heterocycles. The average Bonchev–Trinajstić information content (AvgIpc) is 2.98. The Labute approximate surface area is 253 Å². The number of amides is 3. The Balaban J connectivity index is 1.45. The first-order valence-electron chi connectivity index (χ1n) is 13.4. The van der Waals surface area contributed by atoms with E-state index in [0.717, 1.165) is 21.7 Å². The van der Waals surface area contributed by atoms with E-state index < -0.39 is 16.7 Å². The summed E-state index contributed by atoms with van der Waals surface area (Å²) in [5, 5.41) is 19.0. The minimum Gasteiger partial charge on any atom is -0.325 e. The first-order chi connectivity index (χ1) is 20.6. The molecule has 43 heavy (non-hydrogen) atoms. The second kappa shape index (κ2) is 14.1. The highest BCUT2D eigenvalue weighted by molar-refractivity contribution is 8.00. The van der Waals surface area contributed by atoms with Crippen molar-refractivity contribution in [2.75, 3.05) is 10.6 Å². The molecule has 0 heterocycles. The number of rotatable bonds is 10. The van der Waals surface area contributed by atoms with Crippen molar-refractivity contribution in [3.05, 3.63) is 135 Å². The van der Waals surface area contributed by atoms with Gasteiger partial charge in [0.15, 0.2) is 0 Å². The van der Waals surface area contributed by atoms with Crippen molar-refractivity contribution < 1.29 is 19.3 Å². The van der Waals surface area contributed by atoms with Crippen molar-refractivity contribution in [1.82, 2.24) is 5.32 Å². The summed E-state index contributed by atoms with van der Waals surface area (Å²) in [6, 6.07) is 26.9. The molecule has 4 aromatic rings. The van der Waals surface area contributed by atoms with Gasteiger partial charge in [-0.15, -0.1) is 11.8 Å². The van der Waals surface area contributed by atoms with Gasteiger partial charge in [0.2, 0.25) is 5.91 Å². The normalized spacial score (nSPS) is 11.7. The van der Waals surface area contributed by atoms with Crippen molar-refractivity contribution in [3.63, 3.8) is 0 Å². The summed E-state index contributed by atoms with van der Waals surface area (Å²) in [6.07, 6.45) is 1.44. The van der Waals surface area contributed by atoms with Crippen molar-refractivity contribution in [3.8, 4) is 0 Å². The molecule has 0 fully saturated rings. The lowest BCUT2D eigenvalue weighted by Crippen LogP contribution is -2.30. The van der Waals surface area contributed by atoms with Crippen LogP contribution in [0.15, 0.2) is 108 Å². The molecule has 4 rings (SSSR count). The van der Waals surface area contributed by atoms with Crippen molar-refractivity contribution in [1.29, 1.82) is 0 Å². The molecule has 0 bridgehead atoms. The maximum absolute atomic E-state index is 13.3. The third-order valence-corrected chi connectivity index (χ3v) is 7.34.